The average Bonchev–Trinajstić information content (AvgIpc) is 2.64. The molecule has 0 radical (unpaired) electrons. The molecule has 1 heterocycles. The smallest absolute Gasteiger partial charge is 0.178 e. The highest BCUT2D eigenvalue weighted by Crippen LogP contribution is 2.15. The molecule has 0 aliphatic carbocycles. The van der Waals surface area contributed by atoms with Crippen LogP contribution in [0.15, 0.2) is 6.07 Å². The number of likely N-dealkylation sites (N-methyl/N-ethyl adjacent to an activating group) is 1. The molecule has 0 atom stereocenters. The highest BCUT2D eigenvalue weighted by atomic mass is 16.1. The maximum Gasteiger partial charge on any atom is 0.178 e. The van der Waals surface area contributed by atoms with Crippen molar-refractivity contribution in [2.24, 2.45) is 0 Å². The molecule has 0 saturated carbocycles. The van der Waals surface area contributed by atoms with Gasteiger partial charge in [-0.2, -0.15) is 0 Å². The molecule has 0 spiro atoms. The van der Waals surface area contributed by atoms with Crippen LogP contribution in [0.3, 0.4) is 0 Å². The minimum absolute atomic E-state index is 0.222. The molecule has 0 bridgehead atoms. The summed E-state index contributed by atoms with van der Waals surface area (Å²) in [6.07, 6.45) is 1.06. The monoisotopic (exact) mass is 265 g/mol. The van der Waals surface area contributed by atoms with Crippen LogP contribution >= 0.6 is 0 Å². The normalized spacial score (nSPS) is 11.3. The molecule has 0 amide bonds. The summed E-state index contributed by atoms with van der Waals surface area (Å²) in [4.78, 5) is 14.4. The quantitative estimate of drug-likeness (QED) is 0.576. The van der Waals surface area contributed by atoms with Gasteiger partial charge in [0.05, 0.1) is 6.54 Å². The van der Waals surface area contributed by atoms with Gasteiger partial charge in [-0.15, -0.1) is 0 Å². The zero-order chi connectivity index (χ0) is 14.4. The van der Waals surface area contributed by atoms with E-state index in [0.717, 1.165) is 37.3 Å². The van der Waals surface area contributed by atoms with Crippen LogP contribution in [0.1, 0.15) is 35.1 Å². The molecule has 0 aliphatic heterocycles. The van der Waals surface area contributed by atoms with Crippen molar-refractivity contribution in [2.45, 2.75) is 33.7 Å². The van der Waals surface area contributed by atoms with E-state index in [0.29, 0.717) is 6.54 Å². The van der Waals surface area contributed by atoms with Gasteiger partial charge < -0.3 is 9.88 Å². The van der Waals surface area contributed by atoms with Crippen LogP contribution in [-0.4, -0.2) is 49.0 Å². The molecule has 1 aromatic rings. The van der Waals surface area contributed by atoms with E-state index in [-0.39, 0.29) is 5.78 Å². The largest absolute Gasteiger partial charge is 0.349 e. The van der Waals surface area contributed by atoms with Gasteiger partial charge in [0.2, 0.25) is 0 Å². The molecule has 0 saturated heterocycles. The maximum absolute atomic E-state index is 12.3. The summed E-state index contributed by atoms with van der Waals surface area (Å²) in [6.45, 7) is 9.55. The summed E-state index contributed by atoms with van der Waals surface area (Å²) >= 11 is 0. The highest BCUT2D eigenvalue weighted by Gasteiger charge is 2.16. The first-order valence-corrected chi connectivity index (χ1v) is 7.04. The Hall–Kier alpha value is -1.13. The van der Waals surface area contributed by atoms with E-state index in [1.165, 1.54) is 5.69 Å². The Morgan fingerprint density at radius 3 is 2.63 bits per heavy atom. The lowest BCUT2D eigenvalue weighted by Gasteiger charge is -2.15. The molecule has 4 heteroatoms. The Labute approximate surface area is 116 Å². The van der Waals surface area contributed by atoms with Crippen LogP contribution in [-0.2, 0) is 6.54 Å². The minimum Gasteiger partial charge on any atom is -0.349 e. The number of hydrogen-bond donors (Lipinski definition) is 1. The number of carbonyl (C=O) groups is 1. The van der Waals surface area contributed by atoms with Crippen LogP contribution in [0.25, 0.3) is 0 Å². The molecule has 0 fully saturated rings. The minimum atomic E-state index is 0.222. The molecule has 1 rings (SSSR count). The molecule has 19 heavy (non-hydrogen) atoms. The van der Waals surface area contributed by atoms with Crippen molar-refractivity contribution in [2.75, 3.05) is 33.7 Å². The molecular formula is C15H27N3O. The van der Waals surface area contributed by atoms with E-state index >= 15 is 0 Å². The van der Waals surface area contributed by atoms with E-state index in [2.05, 4.69) is 28.6 Å². The van der Waals surface area contributed by atoms with Crippen molar-refractivity contribution < 1.29 is 4.79 Å². The molecule has 0 unspecified atom stereocenters. The lowest BCUT2D eigenvalue weighted by Crippen LogP contribution is -2.28. The Bertz CT molecular complexity index is 423. The molecule has 108 valence electrons. The van der Waals surface area contributed by atoms with Gasteiger partial charge in [0.1, 0.15) is 0 Å². The standard InChI is InChI=1S/C15H27N3O/c1-6-18-12(2)10-14(13(18)3)15(19)11-17(5)9-7-8-16-4/h10,16H,6-9,11H2,1-5H3. The van der Waals surface area contributed by atoms with Crippen molar-refractivity contribution in [3.8, 4) is 0 Å². The molecule has 0 aliphatic rings. The number of aryl methyl sites for hydroxylation is 1. The summed E-state index contributed by atoms with van der Waals surface area (Å²) in [7, 11) is 3.96. The van der Waals surface area contributed by atoms with Crippen LogP contribution < -0.4 is 5.32 Å². The van der Waals surface area contributed by atoms with Gasteiger partial charge in [-0.1, -0.05) is 0 Å². The second kappa shape index (κ2) is 7.46. The fourth-order valence-electron chi connectivity index (χ4n) is 2.51. The van der Waals surface area contributed by atoms with Crippen molar-refractivity contribution in [1.29, 1.82) is 0 Å². The number of carbonyl (C=O) groups excluding carboxylic acids is 1. The molecule has 1 N–H and O–H groups in total. The van der Waals surface area contributed by atoms with E-state index in [1.807, 2.05) is 27.1 Å². The van der Waals surface area contributed by atoms with Gasteiger partial charge in [0.15, 0.2) is 5.78 Å². The maximum atomic E-state index is 12.3. The Morgan fingerprint density at radius 2 is 2.11 bits per heavy atom. The fourth-order valence-corrected chi connectivity index (χ4v) is 2.51. The number of ketones is 1. The first kappa shape index (κ1) is 15.9. The zero-order valence-electron chi connectivity index (χ0n) is 12.9. The summed E-state index contributed by atoms with van der Waals surface area (Å²) in [5, 5.41) is 3.12. The number of rotatable bonds is 8. The van der Waals surface area contributed by atoms with Gasteiger partial charge >= 0.3 is 0 Å². The first-order chi connectivity index (χ1) is 9.01. The summed E-state index contributed by atoms with van der Waals surface area (Å²) in [5.41, 5.74) is 3.13. The Kier molecular flexibility index (Phi) is 6.25. The van der Waals surface area contributed by atoms with Crippen molar-refractivity contribution in [1.82, 2.24) is 14.8 Å². The third-order valence-corrected chi connectivity index (χ3v) is 3.57. The SMILES string of the molecule is CCn1c(C)cc(C(=O)CN(C)CCCNC)c1C. The van der Waals surface area contributed by atoms with E-state index in [4.69, 9.17) is 0 Å². The van der Waals surface area contributed by atoms with Crippen LogP contribution in [0.5, 0.6) is 0 Å². The Morgan fingerprint density at radius 1 is 1.42 bits per heavy atom. The number of aromatic nitrogens is 1. The number of nitrogens with zero attached hydrogens (tertiary/aromatic N) is 2. The molecular weight excluding hydrogens is 238 g/mol. The predicted octanol–water partition coefficient (Wildman–Crippen LogP) is 1.85. The van der Waals surface area contributed by atoms with Crippen molar-refractivity contribution in [3.05, 3.63) is 23.0 Å². The van der Waals surface area contributed by atoms with Crippen molar-refractivity contribution in [3.63, 3.8) is 0 Å². The lowest BCUT2D eigenvalue weighted by molar-refractivity contribution is 0.0945. The predicted molar refractivity (Wildman–Crippen MR) is 80.0 cm³/mol. The van der Waals surface area contributed by atoms with Gasteiger partial charge in [-0.05, 0) is 60.4 Å². The van der Waals surface area contributed by atoms with Crippen molar-refractivity contribution >= 4 is 5.78 Å². The van der Waals surface area contributed by atoms with Gasteiger partial charge in [0.25, 0.3) is 0 Å². The fraction of sp³-hybridized carbons (Fsp3) is 0.667. The third kappa shape index (κ3) is 4.18. The van der Waals surface area contributed by atoms with Gasteiger partial charge in [-0.25, -0.2) is 0 Å². The number of Topliss-reactive ketones (excluding diaryl/α,β-unsaturated/α-hetero) is 1. The van der Waals surface area contributed by atoms with Gasteiger partial charge in [-0.3, -0.25) is 9.69 Å². The van der Waals surface area contributed by atoms with Crippen LogP contribution in [0, 0.1) is 13.8 Å². The highest BCUT2D eigenvalue weighted by molar-refractivity contribution is 5.99. The van der Waals surface area contributed by atoms with Crippen LogP contribution in [0.2, 0.25) is 0 Å². The Balaban J connectivity index is 2.63. The topological polar surface area (TPSA) is 37.3 Å². The van der Waals surface area contributed by atoms with E-state index in [9.17, 15) is 4.79 Å². The van der Waals surface area contributed by atoms with Crippen LogP contribution in [0.4, 0.5) is 0 Å². The number of hydrogen-bond acceptors (Lipinski definition) is 3. The second-order valence-electron chi connectivity index (χ2n) is 5.15. The lowest BCUT2D eigenvalue weighted by atomic mass is 10.1. The first-order valence-electron chi connectivity index (χ1n) is 7.04. The third-order valence-electron chi connectivity index (χ3n) is 3.57. The molecule has 1 aromatic heterocycles. The van der Waals surface area contributed by atoms with Gasteiger partial charge in [0, 0.05) is 23.5 Å². The van der Waals surface area contributed by atoms with E-state index < -0.39 is 0 Å². The molecule has 0 aromatic carbocycles. The summed E-state index contributed by atoms with van der Waals surface area (Å²) < 4.78 is 2.19. The summed E-state index contributed by atoms with van der Waals surface area (Å²) in [5.74, 6) is 0.222. The zero-order valence-corrected chi connectivity index (χ0v) is 12.9. The molecule has 4 nitrogen and oxygen atoms in total. The average molecular weight is 265 g/mol. The second-order valence-corrected chi connectivity index (χ2v) is 5.15. The number of nitrogens with one attached hydrogen (secondary N) is 1. The van der Waals surface area contributed by atoms with E-state index in [1.54, 1.807) is 0 Å². The summed E-state index contributed by atoms with van der Waals surface area (Å²) in [6, 6.07) is 2.02.